The van der Waals surface area contributed by atoms with Crippen LogP contribution in [0.1, 0.15) is 0 Å². The average Bonchev–Trinajstić information content (AvgIpc) is 0. The average molecular weight is 483 g/mol. The van der Waals surface area contributed by atoms with Gasteiger partial charge in [-0.3, -0.25) is 0 Å². The maximum absolute atomic E-state index is 0. The van der Waals surface area contributed by atoms with Crippen LogP contribution in [0.15, 0.2) is 0 Å². The maximum atomic E-state index is 0. The van der Waals surface area contributed by atoms with E-state index in [0.717, 1.165) is 0 Å². The summed E-state index contributed by atoms with van der Waals surface area (Å²) in [6, 6.07) is 0. The largest absolute Gasteiger partial charge is 3.00 e. The van der Waals surface area contributed by atoms with Gasteiger partial charge in [0, 0.05) is 0 Å². The van der Waals surface area contributed by atoms with Gasteiger partial charge in [0.25, 0.3) is 0 Å². The zero-order chi connectivity index (χ0) is 0. The molecule has 0 unspecified atom stereocenters. The van der Waals surface area contributed by atoms with E-state index >= 15 is 0 Å². The SMILES string of the molecule is [Am+3].[Br-].[Br-].[Br-]. The fourth-order valence-electron chi connectivity index (χ4n) is 0. The van der Waals surface area contributed by atoms with Crippen LogP contribution in [0.3, 0.4) is 0 Å². The summed E-state index contributed by atoms with van der Waals surface area (Å²) < 4.78 is 0. The van der Waals surface area contributed by atoms with Crippen molar-refractivity contribution < 1.29 is 65.2 Å². The van der Waals surface area contributed by atoms with Crippen LogP contribution in [0.2, 0.25) is 0 Å². The Balaban J connectivity index is 0. The fourth-order valence-corrected chi connectivity index (χ4v) is 0. The smallest absolute Gasteiger partial charge is 1.00 e. The second-order valence-corrected chi connectivity index (χ2v) is 0. The van der Waals surface area contributed by atoms with Crippen molar-refractivity contribution >= 4 is 0 Å². The van der Waals surface area contributed by atoms with Crippen molar-refractivity contribution in [3.8, 4) is 0 Å². The van der Waals surface area contributed by atoms with Crippen LogP contribution in [-0.2, 0) is 0 Å². The zero-order valence-electron chi connectivity index (χ0n) is 1.51. The van der Waals surface area contributed by atoms with Crippen LogP contribution in [0.4, 0.5) is 0 Å². The van der Waals surface area contributed by atoms with Gasteiger partial charge in [-0.1, -0.05) is 0 Å². The molecule has 0 nitrogen and oxygen atoms in total. The molecule has 0 aromatic rings. The van der Waals surface area contributed by atoms with Gasteiger partial charge < -0.3 is 50.9 Å². The third-order valence-electron chi connectivity index (χ3n) is 0. The molecule has 0 bridgehead atoms. The molecule has 0 fully saturated rings. The Morgan fingerprint density at radius 1 is 0.500 bits per heavy atom. The Kier molecular flexibility index (Phi) is 215. The molecule has 0 radical (unpaired) electrons. The van der Waals surface area contributed by atoms with Crippen LogP contribution in [0.25, 0.3) is 0 Å². The number of hydrogen-bond donors (Lipinski definition) is 0. The summed E-state index contributed by atoms with van der Waals surface area (Å²) in [5.74, 6) is 0. The second kappa shape index (κ2) is 21.2. The molecule has 4 heteroatoms. The summed E-state index contributed by atoms with van der Waals surface area (Å²) in [4.78, 5) is 0. The molecule has 0 heterocycles. The third kappa shape index (κ3) is 9.16. The quantitative estimate of drug-likeness (QED) is 0.322. The Labute approximate surface area is 64.9 Å². The van der Waals surface area contributed by atoms with E-state index in [2.05, 4.69) is 0 Å². The van der Waals surface area contributed by atoms with Crippen molar-refractivity contribution in [2.75, 3.05) is 0 Å². The van der Waals surface area contributed by atoms with Gasteiger partial charge in [0.1, 0.15) is 0 Å². The van der Waals surface area contributed by atoms with E-state index in [1.807, 2.05) is 0 Å². The molecule has 0 saturated heterocycles. The van der Waals surface area contributed by atoms with E-state index in [1.54, 1.807) is 0 Å². The van der Waals surface area contributed by atoms with Gasteiger partial charge in [0.2, 0.25) is 0 Å². The van der Waals surface area contributed by atoms with Gasteiger partial charge in [0.05, 0.1) is 0 Å². The minimum absolute atomic E-state index is 0. The molecule has 28 valence electrons. The Morgan fingerprint density at radius 3 is 0.500 bits per heavy atom. The van der Waals surface area contributed by atoms with Gasteiger partial charge in [-0.15, -0.1) is 0 Å². The minimum Gasteiger partial charge on any atom is -1.00 e. The second-order valence-electron chi connectivity index (χ2n) is 0. The maximum Gasteiger partial charge on any atom is 3.00 e. The summed E-state index contributed by atoms with van der Waals surface area (Å²) in [6.07, 6.45) is 0. The number of hydrogen-bond acceptors (Lipinski definition) is 0. The first-order valence-corrected chi connectivity index (χ1v) is 0. The molecule has 0 aliphatic heterocycles. The molecule has 0 amide bonds. The molecular formula is AmBr3. The minimum atomic E-state index is 0. The van der Waals surface area contributed by atoms with Crippen molar-refractivity contribution in [1.82, 2.24) is 0 Å². The van der Waals surface area contributed by atoms with Gasteiger partial charge >= 0.3 is 14.3 Å². The molecule has 0 atom stereocenters. The van der Waals surface area contributed by atoms with E-state index in [9.17, 15) is 0 Å². The molecule has 0 aromatic carbocycles. The first-order chi connectivity index (χ1) is 0. The van der Waals surface area contributed by atoms with Crippen molar-refractivity contribution in [3.63, 3.8) is 0 Å². The summed E-state index contributed by atoms with van der Waals surface area (Å²) >= 11 is 0. The van der Waals surface area contributed by atoms with Crippen molar-refractivity contribution in [2.24, 2.45) is 0 Å². The van der Waals surface area contributed by atoms with E-state index in [0.29, 0.717) is 0 Å². The van der Waals surface area contributed by atoms with Crippen LogP contribution >= 0.6 is 0 Å². The number of rotatable bonds is 0. The van der Waals surface area contributed by atoms with Crippen LogP contribution in [0, 0.1) is 14.3 Å². The predicted molar refractivity (Wildman–Crippen MR) is 0 cm³/mol. The zero-order valence-corrected chi connectivity index (χ0v) is 9.42. The molecule has 0 N–H and O–H groups in total. The summed E-state index contributed by atoms with van der Waals surface area (Å²) in [6.45, 7) is 0. The molecule has 0 aliphatic carbocycles. The Bertz CT molecular complexity index is 3.25. The van der Waals surface area contributed by atoms with Crippen LogP contribution < -0.4 is 50.9 Å². The standard InChI is InChI=1S/Am.3BrH/h;3*1H/q+3;;;/p-3. The van der Waals surface area contributed by atoms with Crippen molar-refractivity contribution in [2.45, 2.75) is 0 Å². The number of halogens is 3. The van der Waals surface area contributed by atoms with E-state index in [1.165, 1.54) is 0 Å². The molecule has 0 aromatic heterocycles. The van der Waals surface area contributed by atoms with E-state index in [4.69, 9.17) is 0 Å². The normalized spacial score (nSPS) is 0. The van der Waals surface area contributed by atoms with Gasteiger partial charge in [-0.25, -0.2) is 0 Å². The van der Waals surface area contributed by atoms with E-state index in [-0.39, 0.29) is 65.2 Å². The van der Waals surface area contributed by atoms with Crippen molar-refractivity contribution in [1.29, 1.82) is 0 Å². The Hall–Kier alpha value is 1.83. The van der Waals surface area contributed by atoms with Gasteiger partial charge in [0.15, 0.2) is 0 Å². The summed E-state index contributed by atoms with van der Waals surface area (Å²) in [7, 11) is 0. The first-order valence-electron chi connectivity index (χ1n) is 0. The summed E-state index contributed by atoms with van der Waals surface area (Å²) in [5, 5.41) is 0. The molecular weight excluding hydrogens is 483 g/mol. The predicted octanol–water partition coefficient (Wildman–Crippen LogP) is -8.99. The molecule has 0 aliphatic rings. The van der Waals surface area contributed by atoms with E-state index < -0.39 is 0 Å². The Morgan fingerprint density at radius 2 is 0.500 bits per heavy atom. The fraction of sp³-hybridized carbons (Fsp3) is 0. The van der Waals surface area contributed by atoms with Gasteiger partial charge in [-0.05, 0) is 0 Å². The molecule has 0 rings (SSSR count). The molecule has 4 heavy (non-hydrogen) atoms. The molecule has 0 spiro atoms. The van der Waals surface area contributed by atoms with Crippen LogP contribution in [-0.4, -0.2) is 0 Å². The summed E-state index contributed by atoms with van der Waals surface area (Å²) in [5.41, 5.74) is 0. The molecule has 0 saturated carbocycles. The monoisotopic (exact) mass is 478 g/mol. The first kappa shape index (κ1) is 40.6. The third-order valence-corrected chi connectivity index (χ3v) is 0. The van der Waals surface area contributed by atoms with Gasteiger partial charge in [-0.2, -0.15) is 0 Å². The van der Waals surface area contributed by atoms with Crippen molar-refractivity contribution in [3.05, 3.63) is 0 Å². The topological polar surface area (TPSA) is 0 Å². The van der Waals surface area contributed by atoms with Crippen LogP contribution in [0.5, 0.6) is 0 Å².